The number of hydrogen-bond acceptors (Lipinski definition) is 3. The van der Waals surface area contributed by atoms with Crippen molar-refractivity contribution in [1.29, 1.82) is 0 Å². The Kier molecular flexibility index (Phi) is 6.22. The molecule has 0 saturated carbocycles. The number of benzene rings is 3. The minimum Gasteiger partial charge on any atom is -0.323 e. The van der Waals surface area contributed by atoms with Gasteiger partial charge in [-0.2, -0.15) is 0 Å². The van der Waals surface area contributed by atoms with Crippen LogP contribution in [0.4, 0.5) is 21.5 Å². The number of rotatable bonds is 5. The Labute approximate surface area is 191 Å². The normalized spacial score (nSPS) is 15.4. The van der Waals surface area contributed by atoms with Crippen LogP contribution in [0.2, 0.25) is 0 Å². The van der Waals surface area contributed by atoms with Gasteiger partial charge in [0.1, 0.15) is 5.82 Å². The smallest absolute Gasteiger partial charge is 0.255 e. The van der Waals surface area contributed by atoms with Crippen LogP contribution in [0, 0.1) is 25.6 Å². The maximum absolute atomic E-state index is 14.0. The minimum atomic E-state index is -0.623. The van der Waals surface area contributed by atoms with E-state index in [1.807, 2.05) is 31.2 Å². The van der Waals surface area contributed by atoms with Crippen molar-refractivity contribution in [3.8, 4) is 0 Å². The second-order valence-corrected chi connectivity index (χ2v) is 8.25. The molecule has 0 aromatic heterocycles. The van der Waals surface area contributed by atoms with Gasteiger partial charge in [0.05, 0.1) is 11.6 Å². The molecule has 6 nitrogen and oxygen atoms in total. The average molecular weight is 445 g/mol. The van der Waals surface area contributed by atoms with Crippen LogP contribution < -0.4 is 15.5 Å². The number of carbonyl (C=O) groups excluding carboxylic acids is 3. The third-order valence-corrected chi connectivity index (χ3v) is 5.61. The van der Waals surface area contributed by atoms with Gasteiger partial charge in [-0.15, -0.1) is 0 Å². The SMILES string of the molecule is Cc1ccc(NC(=O)c2cccc(N3CC(C(=O)Nc4cc(C)ccc4F)CC3=O)c2)cc1. The molecule has 1 heterocycles. The summed E-state index contributed by atoms with van der Waals surface area (Å²) >= 11 is 0. The highest BCUT2D eigenvalue weighted by Gasteiger charge is 2.35. The molecular weight excluding hydrogens is 421 g/mol. The fraction of sp³-hybridized carbons (Fsp3) is 0.192. The average Bonchev–Trinajstić information content (AvgIpc) is 3.19. The predicted molar refractivity (Wildman–Crippen MR) is 126 cm³/mol. The fourth-order valence-electron chi connectivity index (χ4n) is 3.76. The van der Waals surface area contributed by atoms with Crippen molar-refractivity contribution in [2.75, 3.05) is 22.1 Å². The number of nitrogens with zero attached hydrogens (tertiary/aromatic N) is 1. The highest BCUT2D eigenvalue weighted by molar-refractivity contribution is 6.07. The zero-order valence-corrected chi connectivity index (χ0v) is 18.4. The first kappa shape index (κ1) is 22.2. The molecule has 1 fully saturated rings. The fourth-order valence-corrected chi connectivity index (χ4v) is 3.76. The van der Waals surface area contributed by atoms with Crippen molar-refractivity contribution >= 4 is 34.8 Å². The molecule has 0 bridgehead atoms. The first-order valence-corrected chi connectivity index (χ1v) is 10.7. The number of halogens is 1. The van der Waals surface area contributed by atoms with E-state index in [-0.39, 0.29) is 30.5 Å². The van der Waals surface area contributed by atoms with Crippen LogP contribution in [0.25, 0.3) is 0 Å². The molecule has 1 unspecified atom stereocenters. The molecule has 7 heteroatoms. The summed E-state index contributed by atoms with van der Waals surface area (Å²) in [5.74, 6) is -2.08. The van der Waals surface area contributed by atoms with E-state index in [1.165, 1.54) is 11.0 Å². The topological polar surface area (TPSA) is 78.5 Å². The molecule has 3 aromatic carbocycles. The number of nitrogens with one attached hydrogen (secondary N) is 2. The van der Waals surface area contributed by atoms with E-state index < -0.39 is 17.6 Å². The molecule has 3 amide bonds. The van der Waals surface area contributed by atoms with Crippen molar-refractivity contribution in [2.24, 2.45) is 5.92 Å². The highest BCUT2D eigenvalue weighted by atomic mass is 19.1. The molecule has 1 saturated heterocycles. The third-order valence-electron chi connectivity index (χ3n) is 5.61. The quantitative estimate of drug-likeness (QED) is 0.598. The monoisotopic (exact) mass is 445 g/mol. The first-order valence-electron chi connectivity index (χ1n) is 10.7. The van der Waals surface area contributed by atoms with Gasteiger partial charge in [0.2, 0.25) is 11.8 Å². The summed E-state index contributed by atoms with van der Waals surface area (Å²) in [6, 6.07) is 18.6. The van der Waals surface area contributed by atoms with Crippen LogP contribution in [-0.2, 0) is 9.59 Å². The molecule has 33 heavy (non-hydrogen) atoms. The molecular formula is C26H24FN3O3. The summed E-state index contributed by atoms with van der Waals surface area (Å²) in [7, 11) is 0. The van der Waals surface area contributed by atoms with Gasteiger partial charge >= 0.3 is 0 Å². The van der Waals surface area contributed by atoms with Crippen molar-refractivity contribution in [3.05, 3.63) is 89.2 Å². The molecule has 0 radical (unpaired) electrons. The van der Waals surface area contributed by atoms with Crippen molar-refractivity contribution < 1.29 is 18.8 Å². The van der Waals surface area contributed by atoms with Gasteiger partial charge < -0.3 is 15.5 Å². The third kappa shape index (κ3) is 5.09. The highest BCUT2D eigenvalue weighted by Crippen LogP contribution is 2.27. The van der Waals surface area contributed by atoms with E-state index in [1.54, 1.807) is 43.3 Å². The van der Waals surface area contributed by atoms with Gasteiger partial charge in [0.25, 0.3) is 5.91 Å². The molecule has 1 atom stereocenters. The summed E-state index contributed by atoms with van der Waals surface area (Å²) in [6.07, 6.45) is 0.0130. The number of aryl methyl sites for hydroxylation is 2. The van der Waals surface area contributed by atoms with Crippen molar-refractivity contribution in [1.82, 2.24) is 0 Å². The lowest BCUT2D eigenvalue weighted by Crippen LogP contribution is -2.28. The van der Waals surface area contributed by atoms with E-state index in [4.69, 9.17) is 0 Å². The summed E-state index contributed by atoms with van der Waals surface area (Å²) in [5, 5.41) is 5.43. The molecule has 2 N–H and O–H groups in total. The van der Waals surface area contributed by atoms with Crippen molar-refractivity contribution in [2.45, 2.75) is 20.3 Å². The van der Waals surface area contributed by atoms with Crippen LogP contribution in [0.15, 0.2) is 66.7 Å². The van der Waals surface area contributed by atoms with Gasteiger partial charge in [-0.1, -0.05) is 29.8 Å². The van der Waals surface area contributed by atoms with Gasteiger partial charge in [0, 0.05) is 29.9 Å². The maximum Gasteiger partial charge on any atom is 0.255 e. The Bertz CT molecular complexity index is 1220. The second kappa shape index (κ2) is 9.24. The molecule has 0 aliphatic carbocycles. The van der Waals surface area contributed by atoms with Crippen LogP contribution >= 0.6 is 0 Å². The van der Waals surface area contributed by atoms with Crippen LogP contribution in [-0.4, -0.2) is 24.3 Å². The Morgan fingerprint density at radius 1 is 0.939 bits per heavy atom. The lowest BCUT2D eigenvalue weighted by Gasteiger charge is -2.18. The Morgan fingerprint density at radius 3 is 2.42 bits per heavy atom. The number of hydrogen-bond donors (Lipinski definition) is 2. The van der Waals surface area contributed by atoms with E-state index >= 15 is 0 Å². The largest absolute Gasteiger partial charge is 0.323 e. The van der Waals surface area contributed by atoms with Gasteiger partial charge in [0.15, 0.2) is 0 Å². The zero-order chi connectivity index (χ0) is 23.5. The maximum atomic E-state index is 14.0. The van der Waals surface area contributed by atoms with E-state index in [9.17, 15) is 18.8 Å². The molecule has 1 aliphatic rings. The number of amides is 3. The molecule has 168 valence electrons. The lowest BCUT2D eigenvalue weighted by molar-refractivity contribution is -0.122. The van der Waals surface area contributed by atoms with E-state index in [0.29, 0.717) is 16.9 Å². The van der Waals surface area contributed by atoms with Gasteiger partial charge in [-0.05, 0) is 61.9 Å². The van der Waals surface area contributed by atoms with Gasteiger partial charge in [-0.3, -0.25) is 14.4 Å². The predicted octanol–water partition coefficient (Wildman–Crippen LogP) is 4.69. The summed E-state index contributed by atoms with van der Waals surface area (Å²) < 4.78 is 14.0. The van der Waals surface area contributed by atoms with E-state index in [2.05, 4.69) is 10.6 Å². The number of anilines is 3. The van der Waals surface area contributed by atoms with Crippen LogP contribution in [0.5, 0.6) is 0 Å². The first-order chi connectivity index (χ1) is 15.8. The molecule has 1 aliphatic heterocycles. The Morgan fingerprint density at radius 2 is 1.67 bits per heavy atom. The van der Waals surface area contributed by atoms with Gasteiger partial charge in [-0.25, -0.2) is 4.39 Å². The Hall–Kier alpha value is -4.00. The Balaban J connectivity index is 1.45. The standard InChI is InChI=1S/C26H24FN3O3/c1-16-6-9-20(10-7-16)28-25(32)18-4-3-5-21(13-18)30-15-19(14-24(30)31)26(33)29-23-12-17(2)8-11-22(23)27/h3-13,19H,14-15H2,1-2H3,(H,28,32)(H,29,33). The van der Waals surface area contributed by atoms with Crippen LogP contribution in [0.3, 0.4) is 0 Å². The lowest BCUT2D eigenvalue weighted by atomic mass is 10.1. The van der Waals surface area contributed by atoms with Crippen molar-refractivity contribution in [3.63, 3.8) is 0 Å². The summed E-state index contributed by atoms with van der Waals surface area (Å²) in [4.78, 5) is 39.5. The molecule has 4 rings (SSSR count). The van der Waals surface area contributed by atoms with Crippen LogP contribution in [0.1, 0.15) is 27.9 Å². The summed E-state index contributed by atoms with van der Waals surface area (Å²) in [6.45, 7) is 3.92. The molecule has 3 aromatic rings. The second-order valence-electron chi connectivity index (χ2n) is 8.25. The minimum absolute atomic E-state index is 0.0130. The molecule has 0 spiro atoms. The summed E-state index contributed by atoms with van der Waals surface area (Å²) in [5.41, 5.74) is 3.61. The van der Waals surface area contributed by atoms with E-state index in [0.717, 1.165) is 11.1 Å². The number of carbonyl (C=O) groups is 3. The zero-order valence-electron chi connectivity index (χ0n) is 18.4.